The third-order valence-electron chi connectivity index (χ3n) is 4.05. The molecule has 1 amide bonds. The summed E-state index contributed by atoms with van der Waals surface area (Å²) in [7, 11) is -3.66. The van der Waals surface area contributed by atoms with Crippen LogP contribution in [0.3, 0.4) is 0 Å². The molecule has 1 atom stereocenters. The topological polar surface area (TPSA) is 66.5 Å². The zero-order valence-electron chi connectivity index (χ0n) is 15.4. The lowest BCUT2D eigenvalue weighted by molar-refractivity contribution is -0.122. The Kier molecular flexibility index (Phi) is 7.14. The maximum atomic E-state index is 12.8. The van der Waals surface area contributed by atoms with Crippen LogP contribution in [0, 0.1) is 6.92 Å². The normalized spacial score (nSPS) is 12.5. The molecule has 2 rings (SSSR count). The molecule has 2 aromatic carbocycles. The lowest BCUT2D eigenvalue weighted by atomic mass is 10.1. The first-order valence-corrected chi connectivity index (χ1v) is 11.0. The number of hydrogen-bond acceptors (Lipinski definition) is 3. The number of amides is 1. The Bertz CT molecular complexity index is 932. The van der Waals surface area contributed by atoms with Crippen LogP contribution < -0.4 is 9.62 Å². The van der Waals surface area contributed by atoms with E-state index in [0.29, 0.717) is 27.7 Å². The number of carbonyl (C=O) groups is 1. The van der Waals surface area contributed by atoms with E-state index in [1.54, 1.807) is 43.3 Å². The van der Waals surface area contributed by atoms with E-state index in [4.69, 9.17) is 23.2 Å². The molecule has 0 aliphatic rings. The highest BCUT2D eigenvalue weighted by atomic mass is 35.5. The minimum absolute atomic E-state index is 0.177. The molecule has 2 aromatic rings. The van der Waals surface area contributed by atoms with Gasteiger partial charge < -0.3 is 5.32 Å². The van der Waals surface area contributed by atoms with Crippen molar-refractivity contribution in [2.75, 3.05) is 10.6 Å². The molecular weight excluding hydrogens is 407 g/mol. The summed E-state index contributed by atoms with van der Waals surface area (Å²) in [5.74, 6) is -0.393. The summed E-state index contributed by atoms with van der Waals surface area (Å²) < 4.78 is 26.0. The van der Waals surface area contributed by atoms with Crippen LogP contribution in [0.25, 0.3) is 0 Å². The highest BCUT2D eigenvalue weighted by Gasteiger charge is 2.31. The van der Waals surface area contributed by atoms with Gasteiger partial charge in [0.25, 0.3) is 0 Å². The molecule has 0 aliphatic carbocycles. The van der Waals surface area contributed by atoms with Gasteiger partial charge in [-0.1, -0.05) is 48.3 Å². The standard InChI is InChI=1S/C19H22Cl2N2O3S/c1-4-18(19(24)22-12-14-8-9-15(20)11-17(14)21)23(27(3,25)26)16-7-5-6-13(2)10-16/h5-11,18H,4,12H2,1-3H3,(H,22,24)/t18-/m0/s1. The van der Waals surface area contributed by atoms with Crippen LogP contribution >= 0.6 is 23.2 Å². The Hall–Kier alpha value is -1.76. The molecule has 1 N–H and O–H groups in total. The fourth-order valence-corrected chi connectivity index (χ4v) is 4.47. The van der Waals surface area contributed by atoms with Gasteiger partial charge in [0.1, 0.15) is 6.04 Å². The largest absolute Gasteiger partial charge is 0.350 e. The maximum Gasteiger partial charge on any atom is 0.244 e. The SMILES string of the molecule is CC[C@@H](C(=O)NCc1ccc(Cl)cc1Cl)N(c1cccc(C)c1)S(C)(=O)=O. The molecule has 0 unspecified atom stereocenters. The molecule has 146 valence electrons. The molecular formula is C19H22Cl2N2O3S. The molecule has 0 saturated heterocycles. The zero-order chi connectivity index (χ0) is 20.2. The van der Waals surface area contributed by atoms with E-state index in [1.807, 2.05) is 13.0 Å². The second kappa shape index (κ2) is 8.95. The molecule has 0 aliphatic heterocycles. The highest BCUT2D eigenvalue weighted by molar-refractivity contribution is 7.92. The number of rotatable bonds is 7. The van der Waals surface area contributed by atoms with Gasteiger partial charge in [0.2, 0.25) is 15.9 Å². The Labute approximate surface area is 170 Å². The van der Waals surface area contributed by atoms with Crippen molar-refractivity contribution >= 4 is 44.8 Å². The summed E-state index contributed by atoms with van der Waals surface area (Å²) in [5, 5.41) is 3.72. The van der Waals surface area contributed by atoms with E-state index in [2.05, 4.69) is 5.32 Å². The fourth-order valence-electron chi connectivity index (χ4n) is 2.79. The van der Waals surface area contributed by atoms with Crippen LogP contribution in [-0.2, 0) is 21.4 Å². The van der Waals surface area contributed by atoms with E-state index in [-0.39, 0.29) is 6.54 Å². The van der Waals surface area contributed by atoms with Crippen molar-refractivity contribution in [2.24, 2.45) is 0 Å². The smallest absolute Gasteiger partial charge is 0.244 e. The quantitative estimate of drug-likeness (QED) is 0.719. The number of aryl methyl sites for hydroxylation is 1. The number of anilines is 1. The summed E-state index contributed by atoms with van der Waals surface area (Å²) >= 11 is 12.0. The third kappa shape index (κ3) is 5.61. The number of hydrogen-bond donors (Lipinski definition) is 1. The van der Waals surface area contributed by atoms with Crippen molar-refractivity contribution < 1.29 is 13.2 Å². The third-order valence-corrected chi connectivity index (χ3v) is 5.82. The van der Waals surface area contributed by atoms with Crippen LogP contribution in [0.2, 0.25) is 10.0 Å². The monoisotopic (exact) mass is 428 g/mol. The summed E-state index contributed by atoms with van der Waals surface area (Å²) in [6.45, 7) is 3.82. The summed E-state index contributed by atoms with van der Waals surface area (Å²) in [6.07, 6.45) is 1.42. The van der Waals surface area contributed by atoms with Crippen molar-refractivity contribution in [1.29, 1.82) is 0 Å². The van der Waals surface area contributed by atoms with Crippen molar-refractivity contribution in [3.8, 4) is 0 Å². The molecule has 0 aromatic heterocycles. The second-order valence-corrected chi connectivity index (χ2v) is 8.98. The minimum atomic E-state index is -3.66. The number of carbonyl (C=O) groups excluding carboxylic acids is 1. The molecule has 27 heavy (non-hydrogen) atoms. The molecule has 0 saturated carbocycles. The number of benzene rings is 2. The van der Waals surface area contributed by atoms with E-state index in [1.165, 1.54) is 4.31 Å². The molecule has 0 heterocycles. The Morgan fingerprint density at radius 2 is 1.89 bits per heavy atom. The predicted molar refractivity (Wildman–Crippen MR) is 111 cm³/mol. The minimum Gasteiger partial charge on any atom is -0.350 e. The molecule has 0 radical (unpaired) electrons. The number of nitrogens with one attached hydrogen (secondary N) is 1. The molecule has 0 bridgehead atoms. The lowest BCUT2D eigenvalue weighted by Crippen LogP contribution is -2.49. The highest BCUT2D eigenvalue weighted by Crippen LogP contribution is 2.24. The number of halogens is 2. The van der Waals surface area contributed by atoms with Gasteiger partial charge in [-0.25, -0.2) is 8.42 Å². The number of nitrogens with zero attached hydrogens (tertiary/aromatic N) is 1. The van der Waals surface area contributed by atoms with Gasteiger partial charge in [-0.3, -0.25) is 9.10 Å². The zero-order valence-corrected chi connectivity index (χ0v) is 17.7. The van der Waals surface area contributed by atoms with Gasteiger partial charge in [0, 0.05) is 16.6 Å². The van der Waals surface area contributed by atoms with Gasteiger partial charge in [-0.05, 0) is 48.7 Å². The Balaban J connectivity index is 2.26. The summed E-state index contributed by atoms with van der Waals surface area (Å²) in [6, 6.07) is 11.2. The fraction of sp³-hybridized carbons (Fsp3) is 0.316. The predicted octanol–water partition coefficient (Wildman–Crippen LogP) is 4.16. The van der Waals surface area contributed by atoms with Gasteiger partial charge >= 0.3 is 0 Å². The molecule has 8 heteroatoms. The summed E-state index contributed by atoms with van der Waals surface area (Å²) in [4.78, 5) is 12.8. The second-order valence-electron chi connectivity index (χ2n) is 6.28. The lowest BCUT2D eigenvalue weighted by Gasteiger charge is -2.30. The molecule has 0 fully saturated rings. The van der Waals surface area contributed by atoms with Crippen LogP contribution in [0.5, 0.6) is 0 Å². The molecule has 0 spiro atoms. The Morgan fingerprint density at radius 3 is 2.44 bits per heavy atom. The van der Waals surface area contributed by atoms with E-state index < -0.39 is 22.0 Å². The van der Waals surface area contributed by atoms with Crippen LogP contribution in [0.4, 0.5) is 5.69 Å². The maximum absolute atomic E-state index is 12.8. The van der Waals surface area contributed by atoms with Gasteiger partial charge in [0.15, 0.2) is 0 Å². The Morgan fingerprint density at radius 1 is 1.19 bits per heavy atom. The van der Waals surface area contributed by atoms with Gasteiger partial charge in [0.05, 0.1) is 11.9 Å². The van der Waals surface area contributed by atoms with Gasteiger partial charge in [-0.2, -0.15) is 0 Å². The molecule has 5 nitrogen and oxygen atoms in total. The van der Waals surface area contributed by atoms with Crippen molar-refractivity contribution in [3.63, 3.8) is 0 Å². The first-order valence-electron chi connectivity index (χ1n) is 8.41. The van der Waals surface area contributed by atoms with Crippen LogP contribution in [0.15, 0.2) is 42.5 Å². The average Bonchev–Trinajstić information content (AvgIpc) is 2.57. The first-order chi connectivity index (χ1) is 12.6. The van der Waals surface area contributed by atoms with Crippen molar-refractivity contribution in [1.82, 2.24) is 5.32 Å². The van der Waals surface area contributed by atoms with E-state index in [0.717, 1.165) is 11.8 Å². The van der Waals surface area contributed by atoms with Crippen molar-refractivity contribution in [3.05, 3.63) is 63.6 Å². The summed E-state index contributed by atoms with van der Waals surface area (Å²) in [5.41, 5.74) is 2.07. The van der Waals surface area contributed by atoms with Crippen LogP contribution in [-0.4, -0.2) is 26.6 Å². The first kappa shape index (κ1) is 21.5. The van der Waals surface area contributed by atoms with Gasteiger partial charge in [-0.15, -0.1) is 0 Å². The van der Waals surface area contributed by atoms with Crippen molar-refractivity contribution in [2.45, 2.75) is 32.9 Å². The number of sulfonamides is 1. The van der Waals surface area contributed by atoms with Crippen LogP contribution in [0.1, 0.15) is 24.5 Å². The van der Waals surface area contributed by atoms with E-state index in [9.17, 15) is 13.2 Å². The average molecular weight is 429 g/mol. The van der Waals surface area contributed by atoms with E-state index >= 15 is 0 Å².